The molecule has 1 aliphatic carbocycles. The summed E-state index contributed by atoms with van der Waals surface area (Å²) in [5, 5.41) is 8.35. The first-order valence-electron chi connectivity index (χ1n) is 8.24. The minimum Gasteiger partial charge on any atom is -0.378 e. The first-order valence-corrected chi connectivity index (χ1v) is 8.24. The minimum absolute atomic E-state index is 0.0464. The first kappa shape index (κ1) is 13.7. The van der Waals surface area contributed by atoms with Crippen LogP contribution >= 0.6 is 0 Å². The van der Waals surface area contributed by atoms with Crippen LogP contribution in [0.3, 0.4) is 0 Å². The summed E-state index contributed by atoms with van der Waals surface area (Å²) in [5.41, 5.74) is 2.45. The molecule has 2 unspecified atom stereocenters. The summed E-state index contributed by atoms with van der Waals surface area (Å²) in [6, 6.07) is 1.20. The van der Waals surface area contributed by atoms with Gasteiger partial charge in [-0.15, -0.1) is 0 Å². The van der Waals surface area contributed by atoms with Gasteiger partial charge in [-0.05, 0) is 26.2 Å². The number of rotatable bonds is 4. The number of ether oxygens (including phenoxy) is 2. The van der Waals surface area contributed by atoms with Crippen LogP contribution in [-0.2, 0) is 16.0 Å². The van der Waals surface area contributed by atoms with Gasteiger partial charge in [0.2, 0.25) is 0 Å². The van der Waals surface area contributed by atoms with Gasteiger partial charge in [0.15, 0.2) is 0 Å². The Morgan fingerprint density at radius 3 is 3.05 bits per heavy atom. The Hall–Kier alpha value is -0.910. The molecule has 0 radical (unpaired) electrons. The average molecular weight is 291 g/mol. The van der Waals surface area contributed by atoms with Crippen LogP contribution in [0.15, 0.2) is 6.20 Å². The second-order valence-corrected chi connectivity index (χ2v) is 6.86. The van der Waals surface area contributed by atoms with E-state index >= 15 is 0 Å². The van der Waals surface area contributed by atoms with Gasteiger partial charge in [0.25, 0.3) is 0 Å². The van der Waals surface area contributed by atoms with Crippen molar-refractivity contribution in [1.82, 2.24) is 15.1 Å². The number of nitrogens with zero attached hydrogens (tertiary/aromatic N) is 2. The molecule has 116 valence electrons. The molecule has 0 aromatic carbocycles. The van der Waals surface area contributed by atoms with E-state index in [2.05, 4.69) is 23.1 Å². The lowest BCUT2D eigenvalue weighted by Gasteiger charge is -2.37. The van der Waals surface area contributed by atoms with Gasteiger partial charge in [0, 0.05) is 50.4 Å². The molecule has 4 rings (SSSR count). The molecule has 21 heavy (non-hydrogen) atoms. The van der Waals surface area contributed by atoms with E-state index in [1.165, 1.54) is 18.4 Å². The molecule has 5 nitrogen and oxygen atoms in total. The smallest absolute Gasteiger partial charge is 0.0957 e. The summed E-state index contributed by atoms with van der Waals surface area (Å²) in [4.78, 5) is 0. The Labute approximate surface area is 126 Å². The number of hydrogen-bond acceptors (Lipinski definition) is 4. The lowest BCUT2D eigenvalue weighted by molar-refractivity contribution is -0.0962. The van der Waals surface area contributed by atoms with Gasteiger partial charge in [-0.1, -0.05) is 0 Å². The molecule has 1 saturated carbocycles. The third-order valence-electron chi connectivity index (χ3n) is 5.09. The van der Waals surface area contributed by atoms with Crippen LogP contribution in [-0.4, -0.2) is 41.2 Å². The van der Waals surface area contributed by atoms with Gasteiger partial charge in [-0.2, -0.15) is 5.10 Å². The molecule has 1 spiro atoms. The highest BCUT2D eigenvalue weighted by Gasteiger charge is 2.41. The fraction of sp³-hybridized carbons (Fsp3) is 0.812. The van der Waals surface area contributed by atoms with Crippen molar-refractivity contribution in [3.8, 4) is 0 Å². The molecular weight excluding hydrogens is 266 g/mol. The summed E-state index contributed by atoms with van der Waals surface area (Å²) in [7, 11) is 0. The van der Waals surface area contributed by atoms with Crippen molar-refractivity contribution in [3.05, 3.63) is 17.5 Å². The van der Waals surface area contributed by atoms with Crippen molar-refractivity contribution in [2.45, 2.75) is 63.3 Å². The van der Waals surface area contributed by atoms with Crippen LogP contribution in [0.25, 0.3) is 0 Å². The highest BCUT2D eigenvalue weighted by molar-refractivity contribution is 5.16. The highest BCUT2D eigenvalue weighted by Crippen LogP contribution is 2.38. The van der Waals surface area contributed by atoms with Gasteiger partial charge >= 0.3 is 0 Å². The van der Waals surface area contributed by atoms with Crippen molar-refractivity contribution >= 4 is 0 Å². The molecule has 2 saturated heterocycles. The summed E-state index contributed by atoms with van der Waals surface area (Å²) < 4.78 is 13.8. The summed E-state index contributed by atoms with van der Waals surface area (Å²) in [5.74, 6) is 0. The van der Waals surface area contributed by atoms with Crippen LogP contribution in [0, 0.1) is 6.92 Å². The molecule has 1 aromatic heterocycles. The van der Waals surface area contributed by atoms with Crippen LogP contribution in [0.1, 0.15) is 49.4 Å². The molecule has 0 bridgehead atoms. The van der Waals surface area contributed by atoms with E-state index < -0.39 is 0 Å². The number of aromatic nitrogens is 2. The third kappa shape index (κ3) is 2.87. The topological polar surface area (TPSA) is 48.3 Å². The Balaban J connectivity index is 1.46. The molecular formula is C16H25N3O2. The Bertz CT molecular complexity index is 504. The quantitative estimate of drug-likeness (QED) is 0.921. The monoisotopic (exact) mass is 291 g/mol. The molecule has 3 aliphatic rings. The summed E-state index contributed by atoms with van der Waals surface area (Å²) >= 11 is 0. The van der Waals surface area contributed by atoms with Crippen LogP contribution in [0.5, 0.6) is 0 Å². The zero-order valence-electron chi connectivity index (χ0n) is 12.8. The van der Waals surface area contributed by atoms with Gasteiger partial charge < -0.3 is 14.8 Å². The van der Waals surface area contributed by atoms with Crippen molar-refractivity contribution < 1.29 is 9.47 Å². The Kier molecular flexibility index (Phi) is 3.52. The second kappa shape index (κ2) is 5.38. The lowest BCUT2D eigenvalue weighted by Crippen LogP contribution is -2.41. The van der Waals surface area contributed by atoms with Crippen molar-refractivity contribution in [2.75, 3.05) is 19.8 Å². The van der Waals surface area contributed by atoms with Crippen molar-refractivity contribution in [1.29, 1.82) is 0 Å². The summed E-state index contributed by atoms with van der Waals surface area (Å²) in [6.45, 7) is 5.48. The van der Waals surface area contributed by atoms with E-state index in [-0.39, 0.29) is 5.60 Å². The minimum atomic E-state index is -0.0464. The molecule has 3 heterocycles. The zero-order valence-corrected chi connectivity index (χ0v) is 12.8. The van der Waals surface area contributed by atoms with E-state index in [4.69, 9.17) is 14.6 Å². The fourth-order valence-corrected chi connectivity index (χ4v) is 3.51. The lowest BCUT2D eigenvalue weighted by atomic mass is 9.90. The fourth-order valence-electron chi connectivity index (χ4n) is 3.51. The highest BCUT2D eigenvalue weighted by atomic mass is 16.6. The number of aryl methyl sites for hydroxylation is 1. The molecule has 2 atom stereocenters. The maximum Gasteiger partial charge on any atom is 0.0957 e. The molecule has 5 heteroatoms. The molecule has 1 aromatic rings. The molecule has 0 amide bonds. The average Bonchev–Trinajstić information content (AvgIpc) is 3.10. The first-order chi connectivity index (χ1) is 10.2. The Morgan fingerprint density at radius 1 is 1.38 bits per heavy atom. The largest absolute Gasteiger partial charge is 0.378 e. The van der Waals surface area contributed by atoms with E-state index in [0.717, 1.165) is 57.4 Å². The van der Waals surface area contributed by atoms with Crippen LogP contribution in [0.4, 0.5) is 0 Å². The maximum absolute atomic E-state index is 6.02. The van der Waals surface area contributed by atoms with Gasteiger partial charge in [-0.25, -0.2) is 0 Å². The predicted octanol–water partition coefficient (Wildman–Crippen LogP) is 1.95. The van der Waals surface area contributed by atoms with E-state index in [9.17, 15) is 0 Å². The van der Waals surface area contributed by atoms with Crippen molar-refractivity contribution in [2.24, 2.45) is 0 Å². The van der Waals surface area contributed by atoms with Crippen molar-refractivity contribution in [3.63, 3.8) is 0 Å². The standard InChI is InChI=1S/C16H25N3O2/c1-12-13(9-17-14-2-3-14)10-19(18-12)15-4-6-21-16(8-15)5-7-20-11-16/h10,14-15,17H,2-9,11H2,1H3. The number of hydrogen-bond donors (Lipinski definition) is 1. The third-order valence-corrected chi connectivity index (χ3v) is 5.09. The SMILES string of the molecule is Cc1nn(C2CCOC3(CCOC3)C2)cc1CNC1CC1. The van der Waals surface area contributed by atoms with Gasteiger partial charge in [0.05, 0.1) is 23.9 Å². The van der Waals surface area contributed by atoms with E-state index in [1.807, 2.05) is 0 Å². The van der Waals surface area contributed by atoms with E-state index in [1.54, 1.807) is 0 Å². The van der Waals surface area contributed by atoms with Gasteiger partial charge in [-0.3, -0.25) is 4.68 Å². The molecule has 3 fully saturated rings. The van der Waals surface area contributed by atoms with Crippen LogP contribution in [0.2, 0.25) is 0 Å². The molecule has 1 N–H and O–H groups in total. The predicted molar refractivity (Wildman–Crippen MR) is 79.2 cm³/mol. The maximum atomic E-state index is 6.02. The van der Waals surface area contributed by atoms with Gasteiger partial charge in [0.1, 0.15) is 0 Å². The number of nitrogens with one attached hydrogen (secondary N) is 1. The second-order valence-electron chi connectivity index (χ2n) is 6.86. The zero-order chi connectivity index (χ0) is 14.3. The molecule has 2 aliphatic heterocycles. The van der Waals surface area contributed by atoms with Crippen LogP contribution < -0.4 is 5.32 Å². The normalized spacial score (nSPS) is 32.9. The van der Waals surface area contributed by atoms with E-state index in [0.29, 0.717) is 6.04 Å². The Morgan fingerprint density at radius 2 is 2.29 bits per heavy atom. The summed E-state index contributed by atoms with van der Waals surface area (Å²) in [6.07, 6.45) is 8.01.